The van der Waals surface area contributed by atoms with Crippen molar-refractivity contribution in [2.24, 2.45) is 0 Å². The highest BCUT2D eigenvalue weighted by atomic mass is 35.5. The number of nitrogens with one attached hydrogen (secondary N) is 1. The molecular weight excluding hydrogens is 264 g/mol. The summed E-state index contributed by atoms with van der Waals surface area (Å²) in [5, 5.41) is 3.00. The fourth-order valence-electron chi connectivity index (χ4n) is 1.83. The van der Waals surface area contributed by atoms with E-state index in [-0.39, 0.29) is 0 Å². The first kappa shape index (κ1) is 11.7. The van der Waals surface area contributed by atoms with E-state index >= 15 is 0 Å². The van der Waals surface area contributed by atoms with Crippen LogP contribution in [0.1, 0.15) is 0 Å². The van der Waals surface area contributed by atoms with Gasteiger partial charge in [-0.25, -0.2) is 4.98 Å². The average Bonchev–Trinajstić information content (AvgIpc) is 2.85. The van der Waals surface area contributed by atoms with Gasteiger partial charge in [-0.3, -0.25) is 4.79 Å². The van der Waals surface area contributed by atoms with Crippen LogP contribution in [0.5, 0.6) is 0 Å². The summed E-state index contributed by atoms with van der Waals surface area (Å²) in [5.41, 5.74) is 2.79. The number of halogens is 1. The molecule has 3 aromatic rings. The highest BCUT2D eigenvalue weighted by Crippen LogP contribution is 2.29. The van der Waals surface area contributed by atoms with E-state index in [1.165, 1.54) is 0 Å². The molecule has 0 radical (unpaired) electrons. The predicted molar refractivity (Wildman–Crippen MR) is 74.1 cm³/mol. The number of nitrogens with zero attached hydrogens (tertiary/aromatic N) is 1. The largest absolute Gasteiger partial charge is 0.436 e. The van der Waals surface area contributed by atoms with Gasteiger partial charge in [0.25, 0.3) is 0 Å². The molecule has 0 fully saturated rings. The van der Waals surface area contributed by atoms with Gasteiger partial charge in [-0.2, -0.15) is 0 Å². The van der Waals surface area contributed by atoms with Gasteiger partial charge in [0.15, 0.2) is 5.58 Å². The number of rotatable bonds is 3. The lowest BCUT2D eigenvalue weighted by Crippen LogP contribution is -1.94. The molecule has 1 N–H and O–H groups in total. The van der Waals surface area contributed by atoms with Gasteiger partial charge in [0.2, 0.25) is 12.3 Å². The summed E-state index contributed by atoms with van der Waals surface area (Å²) in [6.45, 7) is 0. The van der Waals surface area contributed by atoms with Crippen molar-refractivity contribution >= 4 is 34.8 Å². The molecule has 3 rings (SSSR count). The lowest BCUT2D eigenvalue weighted by atomic mass is 10.2. The molecule has 19 heavy (non-hydrogen) atoms. The van der Waals surface area contributed by atoms with E-state index in [0.29, 0.717) is 23.0 Å². The van der Waals surface area contributed by atoms with Gasteiger partial charge in [0, 0.05) is 5.56 Å². The maximum absolute atomic E-state index is 10.5. The monoisotopic (exact) mass is 272 g/mol. The van der Waals surface area contributed by atoms with Gasteiger partial charge >= 0.3 is 0 Å². The van der Waals surface area contributed by atoms with Crippen LogP contribution in [0.15, 0.2) is 46.9 Å². The smallest absolute Gasteiger partial charge is 0.227 e. The van der Waals surface area contributed by atoms with Gasteiger partial charge in [0.05, 0.1) is 10.7 Å². The summed E-state index contributed by atoms with van der Waals surface area (Å²) in [4.78, 5) is 14.9. The Morgan fingerprint density at radius 1 is 1.21 bits per heavy atom. The molecule has 0 spiro atoms. The maximum atomic E-state index is 10.5. The number of benzene rings is 2. The summed E-state index contributed by atoms with van der Waals surface area (Å²) >= 11 is 5.97. The molecule has 0 saturated carbocycles. The topological polar surface area (TPSA) is 55.1 Å². The third-order valence-corrected chi connectivity index (χ3v) is 3.05. The van der Waals surface area contributed by atoms with Crippen LogP contribution in [-0.4, -0.2) is 11.4 Å². The number of carbonyl (C=O) groups excluding carboxylic acids is 1. The highest BCUT2D eigenvalue weighted by molar-refractivity contribution is 6.33. The number of amides is 1. The van der Waals surface area contributed by atoms with Crippen molar-refractivity contribution in [3.05, 3.63) is 47.5 Å². The predicted octanol–water partition coefficient (Wildman–Crippen LogP) is 3.72. The zero-order valence-electron chi connectivity index (χ0n) is 9.76. The summed E-state index contributed by atoms with van der Waals surface area (Å²) < 4.78 is 5.66. The Balaban J connectivity index is 2.10. The fraction of sp³-hybridized carbons (Fsp3) is 0. The number of fused-ring (bicyclic) bond motifs is 1. The Labute approximate surface area is 114 Å². The van der Waals surface area contributed by atoms with E-state index in [9.17, 15) is 4.79 Å². The van der Waals surface area contributed by atoms with E-state index < -0.39 is 0 Å². The molecule has 1 heterocycles. The Kier molecular flexibility index (Phi) is 2.93. The Hall–Kier alpha value is -2.33. The zero-order valence-corrected chi connectivity index (χ0v) is 10.5. The first-order valence-electron chi connectivity index (χ1n) is 5.63. The number of aromatic nitrogens is 1. The minimum absolute atomic E-state index is 0.465. The number of carbonyl (C=O) groups is 1. The molecule has 2 aromatic carbocycles. The van der Waals surface area contributed by atoms with Crippen LogP contribution in [0.3, 0.4) is 0 Å². The normalized spacial score (nSPS) is 10.6. The number of hydrogen-bond acceptors (Lipinski definition) is 3. The molecular formula is C14H9ClN2O2. The van der Waals surface area contributed by atoms with Crippen molar-refractivity contribution in [3.8, 4) is 11.5 Å². The van der Waals surface area contributed by atoms with Crippen LogP contribution in [0.4, 0.5) is 5.69 Å². The van der Waals surface area contributed by atoms with Gasteiger partial charge in [0.1, 0.15) is 5.52 Å². The summed E-state index contributed by atoms with van der Waals surface area (Å²) in [6, 6.07) is 12.7. The molecule has 0 aliphatic heterocycles. The van der Waals surface area contributed by atoms with Gasteiger partial charge in [-0.1, -0.05) is 23.7 Å². The number of anilines is 1. The molecule has 5 heteroatoms. The minimum atomic E-state index is 0.465. The molecule has 0 saturated heterocycles. The molecule has 0 unspecified atom stereocenters. The SMILES string of the molecule is O=CNc1cc(-c2nc3ccccc3o2)ccc1Cl. The highest BCUT2D eigenvalue weighted by Gasteiger charge is 2.09. The van der Waals surface area contributed by atoms with E-state index in [4.69, 9.17) is 16.0 Å². The second-order valence-corrected chi connectivity index (χ2v) is 4.35. The molecule has 4 nitrogen and oxygen atoms in total. The molecule has 94 valence electrons. The molecule has 1 amide bonds. The first-order valence-corrected chi connectivity index (χ1v) is 6.01. The zero-order chi connectivity index (χ0) is 13.2. The second kappa shape index (κ2) is 4.74. The standard InChI is InChI=1S/C14H9ClN2O2/c15-10-6-5-9(7-12(10)16-8-18)14-17-11-3-1-2-4-13(11)19-14/h1-8H,(H,16,18). The maximum Gasteiger partial charge on any atom is 0.227 e. The number of hydrogen-bond donors (Lipinski definition) is 1. The Morgan fingerprint density at radius 2 is 2.05 bits per heavy atom. The third kappa shape index (κ3) is 2.18. The minimum Gasteiger partial charge on any atom is -0.436 e. The first-order chi connectivity index (χ1) is 9.28. The molecule has 0 bridgehead atoms. The van der Waals surface area contributed by atoms with Crippen molar-refractivity contribution in [1.82, 2.24) is 4.98 Å². The van der Waals surface area contributed by atoms with E-state index in [1.807, 2.05) is 24.3 Å². The lowest BCUT2D eigenvalue weighted by molar-refractivity contribution is -0.105. The van der Waals surface area contributed by atoms with Gasteiger partial charge < -0.3 is 9.73 Å². The molecule has 0 aliphatic rings. The number of para-hydroxylation sites is 2. The Bertz CT molecular complexity index is 719. The fourth-order valence-corrected chi connectivity index (χ4v) is 2.00. The summed E-state index contributed by atoms with van der Waals surface area (Å²) in [7, 11) is 0. The Morgan fingerprint density at radius 3 is 2.84 bits per heavy atom. The van der Waals surface area contributed by atoms with Crippen LogP contribution >= 0.6 is 11.6 Å². The van der Waals surface area contributed by atoms with E-state index in [2.05, 4.69) is 10.3 Å². The van der Waals surface area contributed by atoms with Crippen molar-refractivity contribution < 1.29 is 9.21 Å². The average molecular weight is 273 g/mol. The molecule has 1 aromatic heterocycles. The van der Waals surface area contributed by atoms with Gasteiger partial charge in [-0.15, -0.1) is 0 Å². The van der Waals surface area contributed by atoms with E-state index in [0.717, 1.165) is 16.7 Å². The molecule has 0 atom stereocenters. The summed E-state index contributed by atoms with van der Waals surface area (Å²) in [5.74, 6) is 0.492. The van der Waals surface area contributed by atoms with Crippen molar-refractivity contribution in [3.63, 3.8) is 0 Å². The van der Waals surface area contributed by atoms with Crippen LogP contribution in [0.2, 0.25) is 5.02 Å². The summed E-state index contributed by atoms with van der Waals surface area (Å²) in [6.07, 6.45) is 0.580. The van der Waals surface area contributed by atoms with Crippen molar-refractivity contribution in [2.45, 2.75) is 0 Å². The lowest BCUT2D eigenvalue weighted by Gasteiger charge is -2.03. The quantitative estimate of drug-likeness (QED) is 0.739. The van der Waals surface area contributed by atoms with E-state index in [1.54, 1.807) is 18.2 Å². The van der Waals surface area contributed by atoms with Crippen LogP contribution in [-0.2, 0) is 4.79 Å². The van der Waals surface area contributed by atoms with Crippen molar-refractivity contribution in [1.29, 1.82) is 0 Å². The third-order valence-electron chi connectivity index (χ3n) is 2.72. The number of oxazole rings is 1. The van der Waals surface area contributed by atoms with Crippen LogP contribution in [0.25, 0.3) is 22.6 Å². The van der Waals surface area contributed by atoms with Crippen LogP contribution in [0, 0.1) is 0 Å². The van der Waals surface area contributed by atoms with Crippen LogP contribution < -0.4 is 5.32 Å². The van der Waals surface area contributed by atoms with Gasteiger partial charge in [-0.05, 0) is 30.3 Å². The van der Waals surface area contributed by atoms with Crippen molar-refractivity contribution in [2.75, 3.05) is 5.32 Å². The second-order valence-electron chi connectivity index (χ2n) is 3.94. The molecule has 0 aliphatic carbocycles.